The number of rotatable bonds is 4. The number of hydrogen-bond acceptors (Lipinski definition) is 9. The van der Waals surface area contributed by atoms with E-state index in [-0.39, 0.29) is 30.4 Å². The fraction of sp³-hybridized carbons (Fsp3) is 0.174. The Labute approximate surface area is 218 Å². The maximum absolute atomic E-state index is 13.3. The Morgan fingerprint density at radius 1 is 1.23 bits per heavy atom. The topological polar surface area (TPSA) is 198 Å². The van der Waals surface area contributed by atoms with Crippen molar-refractivity contribution in [2.24, 2.45) is 7.05 Å². The molecule has 1 aliphatic rings. The average Bonchev–Trinajstić information content (AvgIpc) is 3.68. The van der Waals surface area contributed by atoms with Crippen molar-refractivity contribution in [1.29, 1.82) is 0 Å². The molecule has 5 heterocycles. The fourth-order valence-electron chi connectivity index (χ4n) is 4.31. The SMILES string of the molecule is Cn1nc2c(c1C(=O)Nc1cccc(-n3ccnn3)c1)CN(C(=O)c1cc(=O)n3[nH]cnc3n1)CC2.O=CO. The van der Waals surface area contributed by atoms with Crippen molar-refractivity contribution in [2.45, 2.75) is 13.0 Å². The number of carboxylic acid groups (broad SMARTS) is 1. The summed E-state index contributed by atoms with van der Waals surface area (Å²) in [4.78, 5) is 56.8. The standard InChI is InChI=1S/C22H19N11O3.CH2O2/c1-30-19(20(35)26-13-3-2-4-14(9-13)32-8-6-24-29-32)15-11-31(7-5-16(15)28-30)21(36)17-10-18(34)33-22(27-17)23-12-25-33;2-1-3/h2-4,6,8-10,12H,5,7,11H2,1H3,(H,26,35)(H,23,25,27);1H,(H,2,3). The zero-order valence-electron chi connectivity index (χ0n) is 20.4. The molecule has 5 aromatic rings. The first kappa shape index (κ1) is 25.0. The molecule has 198 valence electrons. The number of anilines is 1. The summed E-state index contributed by atoms with van der Waals surface area (Å²) in [6, 6.07) is 8.37. The average molecular weight is 531 g/mol. The highest BCUT2D eigenvalue weighted by atomic mass is 16.3. The Bertz CT molecular complexity index is 1730. The van der Waals surface area contributed by atoms with Gasteiger partial charge < -0.3 is 15.3 Å². The lowest BCUT2D eigenvalue weighted by Crippen LogP contribution is -2.37. The van der Waals surface area contributed by atoms with Gasteiger partial charge in [-0.15, -0.1) is 5.10 Å². The van der Waals surface area contributed by atoms with Crippen molar-refractivity contribution in [3.8, 4) is 5.69 Å². The van der Waals surface area contributed by atoms with Crippen LogP contribution < -0.4 is 10.9 Å². The zero-order chi connectivity index (χ0) is 27.5. The summed E-state index contributed by atoms with van der Waals surface area (Å²) in [5.41, 5.74) is 2.63. The molecule has 39 heavy (non-hydrogen) atoms. The first-order valence-corrected chi connectivity index (χ1v) is 11.5. The van der Waals surface area contributed by atoms with E-state index in [0.29, 0.717) is 29.9 Å². The van der Waals surface area contributed by atoms with Gasteiger partial charge in [-0.3, -0.25) is 29.0 Å². The van der Waals surface area contributed by atoms with Gasteiger partial charge >= 0.3 is 0 Å². The largest absolute Gasteiger partial charge is 0.483 e. The third-order valence-electron chi connectivity index (χ3n) is 5.98. The van der Waals surface area contributed by atoms with Gasteiger partial charge in [-0.2, -0.15) is 9.61 Å². The molecule has 0 radical (unpaired) electrons. The number of nitrogens with zero attached hydrogens (tertiary/aromatic N) is 9. The molecule has 0 unspecified atom stereocenters. The summed E-state index contributed by atoms with van der Waals surface area (Å²) in [6.07, 6.45) is 5.07. The maximum Gasteiger partial charge on any atom is 0.290 e. The van der Waals surface area contributed by atoms with E-state index in [1.807, 2.05) is 6.07 Å². The fourth-order valence-corrected chi connectivity index (χ4v) is 4.31. The number of fused-ring (bicyclic) bond motifs is 2. The van der Waals surface area contributed by atoms with Gasteiger partial charge in [-0.25, -0.2) is 14.6 Å². The van der Waals surface area contributed by atoms with E-state index in [9.17, 15) is 14.4 Å². The minimum absolute atomic E-state index is 0.00429. The number of aromatic amines is 1. The van der Waals surface area contributed by atoms with Crippen molar-refractivity contribution < 1.29 is 19.5 Å². The molecule has 2 amide bonds. The van der Waals surface area contributed by atoms with E-state index in [2.05, 4.69) is 35.8 Å². The van der Waals surface area contributed by atoms with E-state index >= 15 is 0 Å². The van der Waals surface area contributed by atoms with Crippen LogP contribution in [0.3, 0.4) is 0 Å². The highest BCUT2D eigenvalue weighted by molar-refractivity contribution is 6.04. The van der Waals surface area contributed by atoms with Crippen LogP contribution >= 0.6 is 0 Å². The minimum atomic E-state index is -0.437. The van der Waals surface area contributed by atoms with Gasteiger partial charge in [-0.1, -0.05) is 11.3 Å². The van der Waals surface area contributed by atoms with E-state index < -0.39 is 11.5 Å². The molecule has 0 spiro atoms. The van der Waals surface area contributed by atoms with Crippen LogP contribution in [0.15, 0.2) is 53.8 Å². The Morgan fingerprint density at radius 2 is 2.05 bits per heavy atom. The lowest BCUT2D eigenvalue weighted by Gasteiger charge is -2.26. The zero-order valence-corrected chi connectivity index (χ0v) is 20.4. The molecule has 0 fully saturated rings. The van der Waals surface area contributed by atoms with Crippen molar-refractivity contribution in [3.05, 3.63) is 82.1 Å². The van der Waals surface area contributed by atoms with Crippen molar-refractivity contribution in [2.75, 3.05) is 11.9 Å². The highest BCUT2D eigenvalue weighted by Gasteiger charge is 2.30. The molecular weight excluding hydrogens is 510 g/mol. The lowest BCUT2D eigenvalue weighted by molar-refractivity contribution is -0.122. The number of amides is 2. The van der Waals surface area contributed by atoms with Crippen LogP contribution in [0.25, 0.3) is 11.5 Å². The smallest absolute Gasteiger partial charge is 0.290 e. The Kier molecular flexibility index (Phi) is 6.64. The first-order chi connectivity index (χ1) is 18.9. The number of H-pyrrole nitrogens is 1. The van der Waals surface area contributed by atoms with Crippen LogP contribution in [-0.4, -0.2) is 79.2 Å². The molecule has 3 N–H and O–H groups in total. The molecule has 1 aliphatic heterocycles. The van der Waals surface area contributed by atoms with Gasteiger partial charge in [0, 0.05) is 37.3 Å². The molecule has 0 atom stereocenters. The Morgan fingerprint density at radius 3 is 2.82 bits per heavy atom. The number of carbonyl (C=O) groups is 3. The molecule has 0 bridgehead atoms. The summed E-state index contributed by atoms with van der Waals surface area (Å²) < 4.78 is 4.26. The summed E-state index contributed by atoms with van der Waals surface area (Å²) in [5.74, 6) is -0.664. The summed E-state index contributed by atoms with van der Waals surface area (Å²) in [6.45, 7) is 0.289. The molecule has 6 rings (SSSR count). The van der Waals surface area contributed by atoms with E-state index in [1.54, 1.807) is 47.2 Å². The van der Waals surface area contributed by atoms with Gasteiger partial charge in [0.1, 0.15) is 17.7 Å². The molecule has 16 nitrogen and oxygen atoms in total. The molecule has 4 aromatic heterocycles. The third kappa shape index (κ3) is 4.85. The monoisotopic (exact) mass is 531 g/mol. The summed E-state index contributed by atoms with van der Waals surface area (Å²) >= 11 is 0. The molecular formula is C23H21N11O5. The van der Waals surface area contributed by atoms with Crippen LogP contribution in [0.4, 0.5) is 5.69 Å². The molecule has 1 aromatic carbocycles. The lowest BCUT2D eigenvalue weighted by atomic mass is 10.0. The molecule has 0 aliphatic carbocycles. The predicted octanol–water partition coefficient (Wildman–Crippen LogP) is -0.117. The van der Waals surface area contributed by atoms with Crippen LogP contribution in [0.2, 0.25) is 0 Å². The first-order valence-electron chi connectivity index (χ1n) is 11.5. The summed E-state index contributed by atoms with van der Waals surface area (Å²) in [7, 11) is 1.69. The van der Waals surface area contributed by atoms with Crippen LogP contribution in [-0.2, 0) is 24.8 Å². The van der Waals surface area contributed by atoms with E-state index in [1.165, 1.54) is 17.1 Å². The second-order valence-electron chi connectivity index (χ2n) is 8.33. The third-order valence-corrected chi connectivity index (χ3v) is 5.98. The highest BCUT2D eigenvalue weighted by Crippen LogP contribution is 2.24. The van der Waals surface area contributed by atoms with Crippen LogP contribution in [0.1, 0.15) is 32.2 Å². The number of benzene rings is 1. The number of aryl methyl sites for hydroxylation is 1. The Hall–Kier alpha value is -5.67. The van der Waals surface area contributed by atoms with E-state index in [0.717, 1.165) is 15.9 Å². The van der Waals surface area contributed by atoms with Gasteiger partial charge in [0.05, 0.1) is 30.3 Å². The minimum Gasteiger partial charge on any atom is -0.483 e. The van der Waals surface area contributed by atoms with Gasteiger partial charge in [0.25, 0.3) is 29.6 Å². The summed E-state index contributed by atoms with van der Waals surface area (Å²) in [5, 5.41) is 24.7. The Balaban J connectivity index is 0.000000983. The van der Waals surface area contributed by atoms with Gasteiger partial charge in [0.2, 0.25) is 0 Å². The number of aromatic nitrogens is 9. The molecule has 16 heteroatoms. The van der Waals surface area contributed by atoms with Crippen LogP contribution in [0, 0.1) is 0 Å². The van der Waals surface area contributed by atoms with Crippen molar-refractivity contribution in [3.63, 3.8) is 0 Å². The second-order valence-corrected chi connectivity index (χ2v) is 8.33. The van der Waals surface area contributed by atoms with Crippen molar-refractivity contribution >= 4 is 29.8 Å². The van der Waals surface area contributed by atoms with Gasteiger partial charge in [-0.05, 0) is 18.2 Å². The normalized spacial score (nSPS) is 12.4. The van der Waals surface area contributed by atoms with E-state index in [4.69, 9.17) is 9.90 Å². The van der Waals surface area contributed by atoms with Crippen LogP contribution in [0.5, 0.6) is 0 Å². The molecule has 0 saturated carbocycles. The molecule has 0 saturated heterocycles. The maximum atomic E-state index is 13.3. The predicted molar refractivity (Wildman–Crippen MR) is 133 cm³/mol. The second kappa shape index (κ2) is 10.4. The van der Waals surface area contributed by atoms with Gasteiger partial charge in [0.15, 0.2) is 0 Å². The number of nitrogens with one attached hydrogen (secondary N) is 2. The number of carbonyl (C=O) groups excluding carboxylic acids is 2. The van der Waals surface area contributed by atoms with Crippen molar-refractivity contribution in [1.82, 2.24) is 49.3 Å². The quantitative estimate of drug-likeness (QED) is 0.263. The number of hydrogen-bond donors (Lipinski definition) is 3.